The van der Waals surface area contributed by atoms with Gasteiger partial charge >= 0.3 is 0 Å². The Kier molecular flexibility index (Phi) is 6.15. The second kappa shape index (κ2) is 9.38. The second-order valence-corrected chi connectivity index (χ2v) is 9.59. The predicted molar refractivity (Wildman–Crippen MR) is 131 cm³/mol. The standard InChI is InChI=1S/C26H25FN4O2S/c1-15-14-16(2)29-26(28-15)30-23(17-9-11-18(27)12-10-17)22-19-6-3-4-8-21(19)34-25(22)31-24(32)20-7-5-13-33-20/h5,7,9-14,23H,3-4,6,8H2,1-2H3,(H,31,32)(H,28,29,30)/t23-/m1/s1. The van der Waals surface area contributed by atoms with Crippen molar-refractivity contribution in [2.75, 3.05) is 10.6 Å². The van der Waals surface area contributed by atoms with Gasteiger partial charge in [-0.15, -0.1) is 11.3 Å². The molecule has 0 unspecified atom stereocenters. The van der Waals surface area contributed by atoms with Crippen LogP contribution in [0.15, 0.2) is 53.1 Å². The van der Waals surface area contributed by atoms with Gasteiger partial charge in [-0.05, 0) is 81.0 Å². The number of hydrogen-bond acceptors (Lipinski definition) is 6. The van der Waals surface area contributed by atoms with Gasteiger partial charge in [-0.1, -0.05) is 12.1 Å². The molecule has 1 aromatic carbocycles. The third-order valence-corrected chi connectivity index (χ3v) is 7.15. The molecular formula is C26H25FN4O2S. The average Bonchev–Trinajstić information content (AvgIpc) is 3.46. The zero-order valence-corrected chi connectivity index (χ0v) is 19.8. The number of furan rings is 1. The monoisotopic (exact) mass is 476 g/mol. The number of amides is 1. The Balaban J connectivity index is 1.62. The number of rotatable bonds is 6. The van der Waals surface area contributed by atoms with E-state index in [1.807, 2.05) is 19.9 Å². The molecule has 3 aromatic heterocycles. The number of benzene rings is 1. The number of thiophene rings is 1. The average molecular weight is 477 g/mol. The molecule has 1 amide bonds. The Morgan fingerprint density at radius 1 is 1.09 bits per heavy atom. The quantitative estimate of drug-likeness (QED) is 0.345. The van der Waals surface area contributed by atoms with Gasteiger partial charge in [0.2, 0.25) is 5.95 Å². The molecule has 0 saturated heterocycles. The first-order chi connectivity index (χ1) is 16.5. The maximum atomic E-state index is 13.8. The summed E-state index contributed by atoms with van der Waals surface area (Å²) < 4.78 is 19.1. The van der Waals surface area contributed by atoms with E-state index in [1.54, 1.807) is 35.6 Å². The van der Waals surface area contributed by atoms with Gasteiger partial charge in [0.1, 0.15) is 10.8 Å². The van der Waals surface area contributed by atoms with Crippen LogP contribution in [0.3, 0.4) is 0 Å². The normalized spacial score (nSPS) is 13.9. The van der Waals surface area contributed by atoms with Gasteiger partial charge in [0.25, 0.3) is 5.91 Å². The van der Waals surface area contributed by atoms with Gasteiger partial charge in [0.05, 0.1) is 12.3 Å². The van der Waals surface area contributed by atoms with Gasteiger partial charge in [0, 0.05) is 21.8 Å². The summed E-state index contributed by atoms with van der Waals surface area (Å²) in [5.74, 6) is 0.140. The van der Waals surface area contributed by atoms with Crippen molar-refractivity contribution >= 4 is 28.2 Å². The fourth-order valence-electron chi connectivity index (χ4n) is 4.46. The first-order valence-corrected chi connectivity index (χ1v) is 12.1. The molecule has 2 N–H and O–H groups in total. The van der Waals surface area contributed by atoms with Gasteiger partial charge in [-0.3, -0.25) is 4.79 Å². The first kappa shape index (κ1) is 22.3. The van der Waals surface area contributed by atoms with Crippen molar-refractivity contribution in [1.82, 2.24) is 9.97 Å². The molecule has 1 aliphatic carbocycles. The minimum Gasteiger partial charge on any atom is -0.459 e. The van der Waals surface area contributed by atoms with Crippen molar-refractivity contribution in [3.63, 3.8) is 0 Å². The van der Waals surface area contributed by atoms with Gasteiger partial charge < -0.3 is 15.1 Å². The van der Waals surface area contributed by atoms with E-state index in [0.29, 0.717) is 5.95 Å². The van der Waals surface area contributed by atoms with Crippen LogP contribution < -0.4 is 10.6 Å². The Hall–Kier alpha value is -3.52. The number of aryl methyl sites for hydroxylation is 3. The number of carbonyl (C=O) groups is 1. The van der Waals surface area contributed by atoms with Crippen LogP contribution >= 0.6 is 11.3 Å². The molecule has 0 saturated carbocycles. The topological polar surface area (TPSA) is 80.0 Å². The summed E-state index contributed by atoms with van der Waals surface area (Å²) in [4.78, 5) is 23.3. The molecule has 0 aliphatic heterocycles. The first-order valence-electron chi connectivity index (χ1n) is 11.3. The summed E-state index contributed by atoms with van der Waals surface area (Å²) in [5, 5.41) is 7.32. The molecule has 0 radical (unpaired) electrons. The van der Waals surface area contributed by atoms with E-state index in [0.717, 1.165) is 53.2 Å². The highest BCUT2D eigenvalue weighted by Gasteiger charge is 2.29. The van der Waals surface area contributed by atoms with E-state index < -0.39 is 0 Å². The number of fused-ring (bicyclic) bond motifs is 1. The fraction of sp³-hybridized carbons (Fsp3) is 0.269. The van der Waals surface area contributed by atoms with Crippen LogP contribution in [-0.4, -0.2) is 15.9 Å². The van der Waals surface area contributed by atoms with Gasteiger partial charge in [-0.2, -0.15) is 0 Å². The van der Waals surface area contributed by atoms with Gasteiger partial charge in [-0.25, -0.2) is 14.4 Å². The maximum Gasteiger partial charge on any atom is 0.291 e. The highest BCUT2D eigenvalue weighted by Crippen LogP contribution is 2.44. The van der Waals surface area contributed by atoms with Crippen LogP contribution in [0.2, 0.25) is 0 Å². The third-order valence-electron chi connectivity index (χ3n) is 5.93. The van der Waals surface area contributed by atoms with E-state index in [-0.39, 0.29) is 23.5 Å². The molecule has 0 fully saturated rings. The van der Waals surface area contributed by atoms with Crippen molar-refractivity contribution < 1.29 is 13.6 Å². The van der Waals surface area contributed by atoms with Crippen molar-refractivity contribution in [2.24, 2.45) is 0 Å². The molecule has 174 valence electrons. The lowest BCUT2D eigenvalue weighted by molar-refractivity contribution is 0.0997. The van der Waals surface area contributed by atoms with Crippen LogP contribution in [0.1, 0.15) is 62.4 Å². The molecule has 5 rings (SSSR count). The summed E-state index contributed by atoms with van der Waals surface area (Å²) in [5.41, 5.74) is 4.79. The van der Waals surface area contributed by atoms with Crippen LogP contribution in [0.5, 0.6) is 0 Å². The van der Waals surface area contributed by atoms with Crippen LogP contribution in [-0.2, 0) is 12.8 Å². The number of hydrogen-bond donors (Lipinski definition) is 2. The summed E-state index contributed by atoms with van der Waals surface area (Å²) in [7, 11) is 0. The number of carbonyl (C=O) groups excluding carboxylic acids is 1. The number of nitrogens with zero attached hydrogens (tertiary/aromatic N) is 2. The van der Waals surface area contributed by atoms with Crippen molar-refractivity contribution in [1.29, 1.82) is 0 Å². The lowest BCUT2D eigenvalue weighted by Gasteiger charge is -2.24. The summed E-state index contributed by atoms with van der Waals surface area (Å²) in [6, 6.07) is 11.3. The molecule has 0 spiro atoms. The van der Waals surface area contributed by atoms with Crippen molar-refractivity contribution in [3.05, 3.63) is 93.3 Å². The molecule has 3 heterocycles. The van der Waals surface area contributed by atoms with E-state index >= 15 is 0 Å². The lowest BCUT2D eigenvalue weighted by atomic mass is 9.89. The van der Waals surface area contributed by atoms with E-state index in [4.69, 9.17) is 4.42 Å². The zero-order chi connectivity index (χ0) is 23.7. The molecule has 34 heavy (non-hydrogen) atoms. The third kappa shape index (κ3) is 4.59. The SMILES string of the molecule is Cc1cc(C)nc(N[C@H](c2ccc(F)cc2)c2c(NC(=O)c3ccco3)sc3c2CCCC3)n1. The largest absolute Gasteiger partial charge is 0.459 e. The summed E-state index contributed by atoms with van der Waals surface area (Å²) in [6.45, 7) is 3.85. The van der Waals surface area contributed by atoms with Crippen LogP contribution in [0.4, 0.5) is 15.3 Å². The maximum absolute atomic E-state index is 13.8. The Morgan fingerprint density at radius 2 is 1.82 bits per heavy atom. The number of anilines is 2. The highest BCUT2D eigenvalue weighted by molar-refractivity contribution is 7.16. The van der Waals surface area contributed by atoms with Crippen molar-refractivity contribution in [3.8, 4) is 0 Å². The number of aromatic nitrogens is 2. The zero-order valence-electron chi connectivity index (χ0n) is 19.0. The molecule has 6 nitrogen and oxygen atoms in total. The fourth-order valence-corrected chi connectivity index (χ4v) is 5.78. The molecular weight excluding hydrogens is 451 g/mol. The summed E-state index contributed by atoms with van der Waals surface area (Å²) >= 11 is 1.60. The molecule has 4 aromatic rings. The van der Waals surface area contributed by atoms with Crippen LogP contribution in [0, 0.1) is 19.7 Å². The van der Waals surface area contributed by atoms with Crippen molar-refractivity contribution in [2.45, 2.75) is 45.6 Å². The lowest BCUT2D eigenvalue weighted by Crippen LogP contribution is -2.19. The number of nitrogens with one attached hydrogen (secondary N) is 2. The van der Waals surface area contributed by atoms with Gasteiger partial charge in [0.15, 0.2) is 5.76 Å². The molecule has 1 atom stereocenters. The Bertz CT molecular complexity index is 1300. The Morgan fingerprint density at radius 3 is 2.53 bits per heavy atom. The van der Waals surface area contributed by atoms with Crippen LogP contribution in [0.25, 0.3) is 0 Å². The smallest absolute Gasteiger partial charge is 0.291 e. The van der Waals surface area contributed by atoms with E-state index in [2.05, 4.69) is 20.6 Å². The predicted octanol–water partition coefficient (Wildman–Crippen LogP) is 6.22. The number of halogens is 1. The summed E-state index contributed by atoms with van der Waals surface area (Å²) in [6.07, 6.45) is 5.58. The molecule has 0 bridgehead atoms. The molecule has 8 heteroatoms. The Labute approximate surface area is 201 Å². The highest BCUT2D eigenvalue weighted by atomic mass is 32.1. The minimum atomic E-state index is -0.369. The minimum absolute atomic E-state index is 0.251. The van der Waals surface area contributed by atoms with E-state index in [9.17, 15) is 9.18 Å². The second-order valence-electron chi connectivity index (χ2n) is 8.49. The van der Waals surface area contributed by atoms with E-state index in [1.165, 1.54) is 28.8 Å². The molecule has 1 aliphatic rings.